The minimum absolute atomic E-state index is 0.00681. The Bertz CT molecular complexity index is 583. The molecule has 0 unspecified atom stereocenters. The molecule has 19 heavy (non-hydrogen) atoms. The highest BCUT2D eigenvalue weighted by Crippen LogP contribution is 2.21. The molecular weight excluding hydrogens is 260 g/mol. The van der Waals surface area contributed by atoms with Gasteiger partial charge in [0.05, 0.1) is 22.7 Å². The number of unbranched alkanes of at least 4 members (excludes halogenated alkanes) is 1. The summed E-state index contributed by atoms with van der Waals surface area (Å²) >= 11 is 6.10. The van der Waals surface area contributed by atoms with Crippen molar-refractivity contribution in [1.29, 1.82) is 0 Å². The van der Waals surface area contributed by atoms with E-state index in [0.29, 0.717) is 11.4 Å². The highest BCUT2D eigenvalue weighted by atomic mass is 35.5. The fourth-order valence-corrected chi connectivity index (χ4v) is 2.11. The number of benzene rings is 1. The zero-order valence-electron chi connectivity index (χ0n) is 10.9. The number of amides is 1. The molecule has 0 saturated heterocycles. The summed E-state index contributed by atoms with van der Waals surface area (Å²) in [5.41, 5.74) is 1.50. The van der Waals surface area contributed by atoms with Crippen molar-refractivity contribution in [3.8, 4) is 0 Å². The van der Waals surface area contributed by atoms with E-state index < -0.39 is 0 Å². The van der Waals surface area contributed by atoms with E-state index in [4.69, 9.17) is 11.6 Å². The summed E-state index contributed by atoms with van der Waals surface area (Å²) in [6.07, 6.45) is 2.37. The molecule has 0 aliphatic heterocycles. The van der Waals surface area contributed by atoms with Gasteiger partial charge in [-0.2, -0.15) is 0 Å². The molecule has 0 saturated carbocycles. The molecule has 1 amide bonds. The SMILES string of the molecule is CCCCNC(=O)Cc1ccc2cccc(Cl)c2n1. The predicted molar refractivity (Wildman–Crippen MR) is 78.4 cm³/mol. The van der Waals surface area contributed by atoms with E-state index in [-0.39, 0.29) is 5.91 Å². The van der Waals surface area contributed by atoms with Crippen LogP contribution in [-0.4, -0.2) is 17.4 Å². The highest BCUT2D eigenvalue weighted by Gasteiger charge is 2.06. The summed E-state index contributed by atoms with van der Waals surface area (Å²) in [5.74, 6) is 0.00681. The Morgan fingerprint density at radius 1 is 1.32 bits per heavy atom. The van der Waals surface area contributed by atoms with Crippen LogP contribution in [0, 0.1) is 0 Å². The Morgan fingerprint density at radius 2 is 2.16 bits per heavy atom. The van der Waals surface area contributed by atoms with Gasteiger partial charge in [-0.1, -0.05) is 43.1 Å². The molecular formula is C15H17ClN2O. The number of rotatable bonds is 5. The van der Waals surface area contributed by atoms with E-state index in [0.717, 1.165) is 36.0 Å². The van der Waals surface area contributed by atoms with Crippen molar-refractivity contribution < 1.29 is 4.79 Å². The molecule has 0 fully saturated rings. The molecule has 3 nitrogen and oxygen atoms in total. The third-order valence-corrected chi connectivity index (χ3v) is 3.23. The van der Waals surface area contributed by atoms with Crippen molar-refractivity contribution in [2.75, 3.05) is 6.54 Å². The fraction of sp³-hybridized carbons (Fsp3) is 0.333. The summed E-state index contributed by atoms with van der Waals surface area (Å²) in [6, 6.07) is 9.48. The molecule has 0 atom stereocenters. The number of carbonyl (C=O) groups excluding carboxylic acids is 1. The van der Waals surface area contributed by atoms with Crippen LogP contribution < -0.4 is 5.32 Å². The monoisotopic (exact) mass is 276 g/mol. The predicted octanol–water partition coefficient (Wildman–Crippen LogP) is 3.35. The van der Waals surface area contributed by atoms with Gasteiger partial charge in [0.15, 0.2) is 0 Å². The maximum Gasteiger partial charge on any atom is 0.226 e. The van der Waals surface area contributed by atoms with Crippen molar-refractivity contribution in [3.05, 3.63) is 41.0 Å². The van der Waals surface area contributed by atoms with Crippen LogP contribution in [0.15, 0.2) is 30.3 Å². The van der Waals surface area contributed by atoms with Gasteiger partial charge in [0.25, 0.3) is 0 Å². The average molecular weight is 277 g/mol. The minimum atomic E-state index is 0.00681. The van der Waals surface area contributed by atoms with E-state index in [1.54, 1.807) is 0 Å². The first-order valence-electron chi connectivity index (χ1n) is 6.51. The second-order valence-corrected chi connectivity index (χ2v) is 4.90. The number of aromatic nitrogens is 1. The van der Waals surface area contributed by atoms with Gasteiger partial charge >= 0.3 is 0 Å². The summed E-state index contributed by atoms with van der Waals surface area (Å²) in [7, 11) is 0. The van der Waals surface area contributed by atoms with Crippen LogP contribution in [0.1, 0.15) is 25.5 Å². The number of para-hydroxylation sites is 1. The van der Waals surface area contributed by atoms with Gasteiger partial charge < -0.3 is 5.32 Å². The standard InChI is InChI=1S/C15H17ClN2O/c1-2-3-9-17-14(19)10-12-8-7-11-5-4-6-13(16)15(11)18-12/h4-8H,2-3,9-10H2,1H3,(H,17,19). The molecule has 0 bridgehead atoms. The molecule has 0 aliphatic rings. The molecule has 2 aromatic rings. The lowest BCUT2D eigenvalue weighted by Gasteiger charge is -2.05. The van der Waals surface area contributed by atoms with Crippen molar-refractivity contribution in [3.63, 3.8) is 0 Å². The van der Waals surface area contributed by atoms with Gasteiger partial charge in [-0.05, 0) is 18.6 Å². The summed E-state index contributed by atoms with van der Waals surface area (Å²) < 4.78 is 0. The van der Waals surface area contributed by atoms with Crippen molar-refractivity contribution in [1.82, 2.24) is 10.3 Å². The highest BCUT2D eigenvalue weighted by molar-refractivity contribution is 6.35. The van der Waals surface area contributed by atoms with Crippen LogP contribution in [-0.2, 0) is 11.2 Å². The second-order valence-electron chi connectivity index (χ2n) is 4.49. The number of fused-ring (bicyclic) bond motifs is 1. The quantitative estimate of drug-likeness (QED) is 0.851. The van der Waals surface area contributed by atoms with E-state index in [1.807, 2.05) is 30.3 Å². The third-order valence-electron chi connectivity index (χ3n) is 2.92. The molecule has 1 heterocycles. The van der Waals surface area contributed by atoms with Gasteiger partial charge in [0.1, 0.15) is 0 Å². The van der Waals surface area contributed by atoms with E-state index in [9.17, 15) is 4.79 Å². The van der Waals surface area contributed by atoms with E-state index in [1.165, 1.54) is 0 Å². The van der Waals surface area contributed by atoms with Gasteiger partial charge in [0, 0.05) is 11.9 Å². The first-order valence-corrected chi connectivity index (χ1v) is 6.89. The Hall–Kier alpha value is -1.61. The number of halogens is 1. The summed E-state index contributed by atoms with van der Waals surface area (Å²) in [4.78, 5) is 16.2. The molecule has 1 aromatic carbocycles. The lowest BCUT2D eigenvalue weighted by molar-refractivity contribution is -0.120. The summed E-state index contributed by atoms with van der Waals surface area (Å²) in [5, 5.41) is 4.49. The number of hydrogen-bond acceptors (Lipinski definition) is 2. The second kappa shape index (κ2) is 6.53. The first-order chi connectivity index (χ1) is 9.20. The first kappa shape index (κ1) is 13.8. The van der Waals surface area contributed by atoms with Crippen molar-refractivity contribution in [2.45, 2.75) is 26.2 Å². The smallest absolute Gasteiger partial charge is 0.226 e. The third kappa shape index (κ3) is 3.67. The Kier molecular flexibility index (Phi) is 4.74. The van der Waals surface area contributed by atoms with Crippen LogP contribution in [0.2, 0.25) is 5.02 Å². The lowest BCUT2D eigenvalue weighted by Crippen LogP contribution is -2.26. The minimum Gasteiger partial charge on any atom is -0.356 e. The van der Waals surface area contributed by atoms with Crippen LogP contribution in [0.3, 0.4) is 0 Å². The maximum absolute atomic E-state index is 11.7. The number of hydrogen-bond donors (Lipinski definition) is 1. The molecule has 2 rings (SSSR count). The van der Waals surface area contributed by atoms with Crippen molar-refractivity contribution >= 4 is 28.4 Å². The van der Waals surface area contributed by atoms with Crippen LogP contribution in [0.25, 0.3) is 10.9 Å². The molecule has 0 radical (unpaired) electrons. The van der Waals surface area contributed by atoms with Gasteiger partial charge in [0.2, 0.25) is 5.91 Å². The van der Waals surface area contributed by atoms with Crippen LogP contribution >= 0.6 is 11.6 Å². The largest absolute Gasteiger partial charge is 0.356 e. The normalized spacial score (nSPS) is 10.6. The fourth-order valence-electron chi connectivity index (χ4n) is 1.88. The number of pyridine rings is 1. The van der Waals surface area contributed by atoms with Gasteiger partial charge in [-0.25, -0.2) is 0 Å². The average Bonchev–Trinajstić information content (AvgIpc) is 2.40. The molecule has 4 heteroatoms. The number of nitrogens with zero attached hydrogens (tertiary/aromatic N) is 1. The summed E-state index contributed by atoms with van der Waals surface area (Å²) in [6.45, 7) is 2.82. The molecule has 1 aromatic heterocycles. The Labute approximate surface area is 118 Å². The Balaban J connectivity index is 2.09. The number of nitrogens with one attached hydrogen (secondary N) is 1. The topological polar surface area (TPSA) is 42.0 Å². The molecule has 1 N–H and O–H groups in total. The zero-order chi connectivity index (χ0) is 13.7. The van der Waals surface area contributed by atoms with E-state index >= 15 is 0 Å². The molecule has 0 aliphatic carbocycles. The molecule has 100 valence electrons. The zero-order valence-corrected chi connectivity index (χ0v) is 11.7. The number of carbonyl (C=O) groups is 1. The van der Waals surface area contributed by atoms with Gasteiger partial charge in [-0.3, -0.25) is 9.78 Å². The maximum atomic E-state index is 11.7. The Morgan fingerprint density at radius 3 is 2.95 bits per heavy atom. The van der Waals surface area contributed by atoms with Crippen molar-refractivity contribution in [2.24, 2.45) is 0 Å². The lowest BCUT2D eigenvalue weighted by atomic mass is 10.1. The van der Waals surface area contributed by atoms with E-state index in [2.05, 4.69) is 17.2 Å². The molecule has 0 spiro atoms. The van der Waals surface area contributed by atoms with Crippen LogP contribution in [0.5, 0.6) is 0 Å². The van der Waals surface area contributed by atoms with Crippen LogP contribution in [0.4, 0.5) is 0 Å². The van der Waals surface area contributed by atoms with Gasteiger partial charge in [-0.15, -0.1) is 0 Å².